The van der Waals surface area contributed by atoms with Gasteiger partial charge in [-0.25, -0.2) is 0 Å². The van der Waals surface area contributed by atoms with Gasteiger partial charge in [0, 0.05) is 5.56 Å². The van der Waals surface area contributed by atoms with Crippen LogP contribution in [0.5, 0.6) is 0 Å². The molecule has 3 rings (SSSR count). The number of fused-ring (bicyclic) bond motifs is 1. The predicted octanol–water partition coefficient (Wildman–Crippen LogP) is 2.41. The number of benzene rings is 1. The Balaban J connectivity index is 2.15. The van der Waals surface area contributed by atoms with Crippen LogP contribution in [0, 0.1) is 0 Å². The number of nitrogens with zero attached hydrogens (tertiary/aromatic N) is 1. The molecule has 0 spiro atoms. The van der Waals surface area contributed by atoms with Gasteiger partial charge in [0.2, 0.25) is 0 Å². The molecule has 0 radical (unpaired) electrons. The van der Waals surface area contributed by atoms with E-state index in [1.807, 2.05) is 0 Å². The van der Waals surface area contributed by atoms with Gasteiger partial charge in [0.05, 0.1) is 19.4 Å². The molecule has 0 saturated carbocycles. The van der Waals surface area contributed by atoms with E-state index in [0.717, 1.165) is 18.6 Å². The van der Waals surface area contributed by atoms with Gasteiger partial charge in [-0.2, -0.15) is 0 Å². The standard InChI is InChI=1S/C12H11NO2/c1-2-9-7-14-5-4-12(9)11(3-1)10-6-13-15-8-10/h1-3,6,8H,4-5,7H2. The number of aromatic nitrogens is 1. The first-order valence-electron chi connectivity index (χ1n) is 5.03. The van der Waals surface area contributed by atoms with E-state index < -0.39 is 0 Å². The molecule has 0 aliphatic carbocycles. The Bertz CT molecular complexity index is 462. The molecular weight excluding hydrogens is 190 g/mol. The Labute approximate surface area is 87.7 Å². The molecule has 0 bridgehead atoms. The van der Waals surface area contributed by atoms with E-state index in [2.05, 4.69) is 23.4 Å². The summed E-state index contributed by atoms with van der Waals surface area (Å²) in [6, 6.07) is 6.28. The Kier molecular flexibility index (Phi) is 2.03. The number of rotatable bonds is 1. The smallest absolute Gasteiger partial charge is 0.131 e. The molecule has 2 aromatic rings. The molecule has 3 heteroatoms. The van der Waals surface area contributed by atoms with Crippen LogP contribution in [-0.4, -0.2) is 11.8 Å². The Hall–Kier alpha value is -1.61. The molecule has 1 aliphatic heterocycles. The molecule has 3 nitrogen and oxygen atoms in total. The summed E-state index contributed by atoms with van der Waals surface area (Å²) in [5.41, 5.74) is 4.91. The van der Waals surface area contributed by atoms with Crippen molar-refractivity contribution in [3.05, 3.63) is 41.8 Å². The number of hydrogen-bond acceptors (Lipinski definition) is 3. The van der Waals surface area contributed by atoms with Gasteiger partial charge in [-0.1, -0.05) is 23.4 Å². The van der Waals surface area contributed by atoms with Crippen LogP contribution in [0.2, 0.25) is 0 Å². The molecule has 1 aromatic carbocycles. The maximum absolute atomic E-state index is 5.43. The second kappa shape index (κ2) is 3.51. The van der Waals surface area contributed by atoms with Crippen LogP contribution in [0.3, 0.4) is 0 Å². The molecule has 76 valence electrons. The Morgan fingerprint density at radius 3 is 3.13 bits per heavy atom. The third kappa shape index (κ3) is 1.45. The van der Waals surface area contributed by atoms with Gasteiger partial charge in [-0.15, -0.1) is 0 Å². The van der Waals surface area contributed by atoms with Gasteiger partial charge in [-0.3, -0.25) is 0 Å². The van der Waals surface area contributed by atoms with E-state index in [1.54, 1.807) is 12.5 Å². The molecule has 0 amide bonds. The minimum atomic E-state index is 0.717. The molecule has 1 aliphatic rings. The van der Waals surface area contributed by atoms with Crippen molar-refractivity contribution in [1.29, 1.82) is 0 Å². The largest absolute Gasteiger partial charge is 0.376 e. The van der Waals surface area contributed by atoms with Gasteiger partial charge in [0.15, 0.2) is 0 Å². The van der Waals surface area contributed by atoms with Crippen LogP contribution in [0.4, 0.5) is 0 Å². The quantitative estimate of drug-likeness (QED) is 0.710. The average molecular weight is 201 g/mol. The highest BCUT2D eigenvalue weighted by atomic mass is 16.5. The summed E-state index contributed by atoms with van der Waals surface area (Å²) in [6.45, 7) is 1.52. The van der Waals surface area contributed by atoms with Crippen LogP contribution in [0.15, 0.2) is 35.2 Å². The summed E-state index contributed by atoms with van der Waals surface area (Å²) in [5.74, 6) is 0. The lowest BCUT2D eigenvalue weighted by molar-refractivity contribution is 0.111. The Morgan fingerprint density at radius 2 is 2.27 bits per heavy atom. The van der Waals surface area contributed by atoms with Crippen LogP contribution < -0.4 is 0 Å². The van der Waals surface area contributed by atoms with Crippen molar-refractivity contribution in [2.45, 2.75) is 13.0 Å². The molecule has 1 aromatic heterocycles. The zero-order chi connectivity index (χ0) is 10.1. The van der Waals surface area contributed by atoms with Gasteiger partial charge >= 0.3 is 0 Å². The molecule has 2 heterocycles. The summed E-state index contributed by atoms with van der Waals surface area (Å²) in [7, 11) is 0. The molecule has 0 unspecified atom stereocenters. The Morgan fingerprint density at radius 1 is 1.27 bits per heavy atom. The highest BCUT2D eigenvalue weighted by Gasteiger charge is 2.14. The van der Waals surface area contributed by atoms with Crippen molar-refractivity contribution >= 4 is 0 Å². The molecule has 0 fully saturated rings. The second-order valence-corrected chi connectivity index (χ2v) is 3.66. The fraction of sp³-hybridized carbons (Fsp3) is 0.250. The average Bonchev–Trinajstić information content (AvgIpc) is 2.82. The van der Waals surface area contributed by atoms with Crippen LogP contribution in [0.25, 0.3) is 11.1 Å². The fourth-order valence-corrected chi connectivity index (χ4v) is 2.03. The van der Waals surface area contributed by atoms with Crippen molar-refractivity contribution in [1.82, 2.24) is 5.16 Å². The van der Waals surface area contributed by atoms with Crippen LogP contribution in [0.1, 0.15) is 11.1 Å². The maximum Gasteiger partial charge on any atom is 0.131 e. The normalized spacial score (nSPS) is 14.9. The van der Waals surface area contributed by atoms with Gasteiger partial charge < -0.3 is 9.26 Å². The third-order valence-corrected chi connectivity index (χ3v) is 2.77. The highest BCUT2D eigenvalue weighted by molar-refractivity contribution is 5.67. The monoisotopic (exact) mass is 201 g/mol. The molecule has 0 N–H and O–H groups in total. The first-order chi connectivity index (χ1) is 7.45. The van der Waals surface area contributed by atoms with E-state index in [-0.39, 0.29) is 0 Å². The lowest BCUT2D eigenvalue weighted by Gasteiger charge is -2.18. The molecular formula is C12H11NO2. The number of hydrogen-bond donors (Lipinski definition) is 0. The van der Waals surface area contributed by atoms with E-state index in [4.69, 9.17) is 9.26 Å². The lowest BCUT2D eigenvalue weighted by atomic mass is 9.94. The molecule has 0 saturated heterocycles. The van der Waals surface area contributed by atoms with Crippen molar-refractivity contribution in [3.8, 4) is 11.1 Å². The minimum absolute atomic E-state index is 0.717. The van der Waals surface area contributed by atoms with Crippen LogP contribution in [-0.2, 0) is 17.8 Å². The lowest BCUT2D eigenvalue weighted by Crippen LogP contribution is -2.10. The van der Waals surface area contributed by atoms with Crippen molar-refractivity contribution in [3.63, 3.8) is 0 Å². The highest BCUT2D eigenvalue weighted by Crippen LogP contribution is 2.28. The van der Waals surface area contributed by atoms with Crippen molar-refractivity contribution in [2.24, 2.45) is 0 Å². The summed E-state index contributed by atoms with van der Waals surface area (Å²) in [6.07, 6.45) is 4.41. The summed E-state index contributed by atoms with van der Waals surface area (Å²) < 4.78 is 10.3. The van der Waals surface area contributed by atoms with Crippen molar-refractivity contribution in [2.75, 3.05) is 6.61 Å². The predicted molar refractivity (Wildman–Crippen MR) is 55.3 cm³/mol. The van der Waals surface area contributed by atoms with Crippen molar-refractivity contribution < 1.29 is 9.26 Å². The minimum Gasteiger partial charge on any atom is -0.376 e. The molecule has 15 heavy (non-hydrogen) atoms. The topological polar surface area (TPSA) is 35.3 Å². The maximum atomic E-state index is 5.43. The third-order valence-electron chi connectivity index (χ3n) is 2.77. The van der Waals surface area contributed by atoms with E-state index in [9.17, 15) is 0 Å². The first-order valence-corrected chi connectivity index (χ1v) is 5.03. The second-order valence-electron chi connectivity index (χ2n) is 3.66. The van der Waals surface area contributed by atoms with Gasteiger partial charge in [0.25, 0.3) is 0 Å². The van der Waals surface area contributed by atoms with Gasteiger partial charge in [-0.05, 0) is 23.1 Å². The zero-order valence-electron chi connectivity index (χ0n) is 8.27. The first kappa shape index (κ1) is 8.68. The summed E-state index contributed by atoms with van der Waals surface area (Å²) in [5, 5.41) is 3.74. The van der Waals surface area contributed by atoms with E-state index >= 15 is 0 Å². The molecule has 0 atom stereocenters. The SMILES string of the molecule is c1cc2c(c(-c3cnoc3)c1)CCOC2. The van der Waals surface area contributed by atoms with Gasteiger partial charge in [0.1, 0.15) is 6.26 Å². The fourth-order valence-electron chi connectivity index (χ4n) is 2.03. The number of ether oxygens (including phenoxy) is 1. The van der Waals surface area contributed by atoms with Crippen LogP contribution >= 0.6 is 0 Å². The van der Waals surface area contributed by atoms with E-state index in [0.29, 0.717) is 6.61 Å². The summed E-state index contributed by atoms with van der Waals surface area (Å²) in [4.78, 5) is 0. The summed E-state index contributed by atoms with van der Waals surface area (Å²) >= 11 is 0. The van der Waals surface area contributed by atoms with E-state index in [1.165, 1.54) is 16.7 Å². The zero-order valence-corrected chi connectivity index (χ0v) is 8.27.